The number of rotatable bonds is 15. The van der Waals surface area contributed by atoms with Crippen molar-refractivity contribution in [2.24, 2.45) is 11.5 Å². The molecule has 0 spiro atoms. The van der Waals surface area contributed by atoms with Gasteiger partial charge in [0.1, 0.15) is 18.1 Å². The van der Waals surface area contributed by atoms with Gasteiger partial charge in [-0.3, -0.25) is 24.0 Å². The molecule has 0 aliphatic rings. The minimum atomic E-state index is -1.46. The van der Waals surface area contributed by atoms with Gasteiger partial charge in [-0.1, -0.05) is 30.3 Å². The smallest absolute Gasteiger partial charge is 0.326 e. The zero-order valence-electron chi connectivity index (χ0n) is 19.2. The highest BCUT2D eigenvalue weighted by atomic mass is 16.4. The third-order valence-electron chi connectivity index (χ3n) is 4.97. The normalized spacial score (nSPS) is 14.0. The number of benzene rings is 1. The average Bonchev–Trinajstić information content (AvgIpc) is 2.79. The van der Waals surface area contributed by atoms with Crippen molar-refractivity contribution in [3.05, 3.63) is 35.9 Å². The molecule has 0 saturated carbocycles. The molecular formula is C22H31N5O8. The van der Waals surface area contributed by atoms with Gasteiger partial charge in [0, 0.05) is 19.3 Å². The van der Waals surface area contributed by atoms with E-state index in [0.717, 1.165) is 0 Å². The molecule has 4 amide bonds. The van der Waals surface area contributed by atoms with Crippen LogP contribution in [0.25, 0.3) is 0 Å². The van der Waals surface area contributed by atoms with Crippen LogP contribution in [0.15, 0.2) is 30.3 Å². The molecule has 0 heterocycles. The fraction of sp³-hybridized carbons (Fsp3) is 0.455. The predicted octanol–water partition coefficient (Wildman–Crippen LogP) is -1.75. The first-order valence-corrected chi connectivity index (χ1v) is 10.8. The molecule has 1 aromatic rings. The Morgan fingerprint density at radius 1 is 0.829 bits per heavy atom. The standard InChI is InChI=1S/C22H31N5O8/c1-12(19(31)26-15(22(34)35)8-10-18(29)30)25-21(33)16(11-13-5-3-2-4-6-13)27-20(32)14(23)7-9-17(24)28/h2-6,12,14-16H,7-11,23H2,1H3,(H2,24,28)(H,25,33)(H,26,31)(H,27,32)(H,29,30)(H,34,35). The summed E-state index contributed by atoms with van der Waals surface area (Å²) < 4.78 is 0. The summed E-state index contributed by atoms with van der Waals surface area (Å²) in [4.78, 5) is 70.7. The van der Waals surface area contributed by atoms with Gasteiger partial charge in [-0.2, -0.15) is 0 Å². The Morgan fingerprint density at radius 2 is 1.43 bits per heavy atom. The maximum Gasteiger partial charge on any atom is 0.326 e. The second-order valence-electron chi connectivity index (χ2n) is 7.92. The van der Waals surface area contributed by atoms with Crippen molar-refractivity contribution in [3.8, 4) is 0 Å². The van der Waals surface area contributed by atoms with Crippen molar-refractivity contribution in [3.63, 3.8) is 0 Å². The quantitative estimate of drug-likeness (QED) is 0.146. The van der Waals surface area contributed by atoms with Crippen LogP contribution < -0.4 is 27.4 Å². The lowest BCUT2D eigenvalue weighted by molar-refractivity contribution is -0.143. The van der Waals surface area contributed by atoms with Crippen molar-refractivity contribution < 1.29 is 39.0 Å². The number of hydrogen-bond acceptors (Lipinski definition) is 7. The largest absolute Gasteiger partial charge is 0.481 e. The van der Waals surface area contributed by atoms with E-state index in [1.165, 1.54) is 6.92 Å². The van der Waals surface area contributed by atoms with Crippen molar-refractivity contribution in [1.29, 1.82) is 0 Å². The molecule has 0 radical (unpaired) electrons. The zero-order valence-corrected chi connectivity index (χ0v) is 19.2. The van der Waals surface area contributed by atoms with Gasteiger partial charge >= 0.3 is 11.9 Å². The van der Waals surface area contributed by atoms with Crippen molar-refractivity contribution >= 4 is 35.6 Å². The number of nitrogens with one attached hydrogen (secondary N) is 3. The molecule has 0 aliphatic heterocycles. The summed E-state index contributed by atoms with van der Waals surface area (Å²) in [6.07, 6.45) is -0.891. The van der Waals surface area contributed by atoms with Crippen molar-refractivity contribution in [1.82, 2.24) is 16.0 Å². The molecule has 4 unspecified atom stereocenters. The minimum Gasteiger partial charge on any atom is -0.481 e. The SMILES string of the molecule is CC(NC(=O)C(Cc1ccccc1)NC(=O)C(N)CCC(N)=O)C(=O)NC(CCC(=O)O)C(=O)O. The minimum absolute atomic E-state index is 0.0213. The van der Waals surface area contributed by atoms with Gasteiger partial charge in [0.15, 0.2) is 0 Å². The van der Waals surface area contributed by atoms with Crippen LogP contribution in [-0.2, 0) is 35.2 Å². The van der Waals surface area contributed by atoms with Gasteiger partial charge in [-0.15, -0.1) is 0 Å². The lowest BCUT2D eigenvalue weighted by atomic mass is 10.0. The first-order chi connectivity index (χ1) is 16.4. The summed E-state index contributed by atoms with van der Waals surface area (Å²) in [6.45, 7) is 1.31. The Kier molecular flexibility index (Phi) is 11.9. The summed E-state index contributed by atoms with van der Waals surface area (Å²) in [5, 5.41) is 25.0. The number of carbonyl (C=O) groups excluding carboxylic acids is 4. The first kappa shape index (κ1) is 29.0. The van der Waals surface area contributed by atoms with Gasteiger partial charge in [0.05, 0.1) is 6.04 Å². The Hall–Kier alpha value is -4.00. The molecule has 13 nitrogen and oxygen atoms in total. The van der Waals surface area contributed by atoms with Gasteiger partial charge < -0.3 is 37.6 Å². The van der Waals surface area contributed by atoms with Gasteiger partial charge in [0.25, 0.3) is 0 Å². The number of aliphatic carboxylic acids is 2. The van der Waals surface area contributed by atoms with E-state index < -0.39 is 66.2 Å². The fourth-order valence-electron chi connectivity index (χ4n) is 2.97. The topological polar surface area (TPSA) is 231 Å². The molecule has 0 bridgehead atoms. The molecule has 0 fully saturated rings. The predicted molar refractivity (Wildman–Crippen MR) is 123 cm³/mol. The van der Waals surface area contributed by atoms with E-state index in [4.69, 9.17) is 16.6 Å². The van der Waals surface area contributed by atoms with Crippen LogP contribution in [-0.4, -0.2) is 69.9 Å². The lowest BCUT2D eigenvalue weighted by Gasteiger charge is -2.23. The Bertz CT molecular complexity index is 924. The maximum atomic E-state index is 12.9. The van der Waals surface area contributed by atoms with Gasteiger partial charge in [-0.25, -0.2) is 4.79 Å². The summed E-state index contributed by atoms with van der Waals surface area (Å²) in [6, 6.07) is 3.82. The summed E-state index contributed by atoms with van der Waals surface area (Å²) >= 11 is 0. The Morgan fingerprint density at radius 3 is 1.97 bits per heavy atom. The molecule has 13 heteroatoms. The second-order valence-corrected chi connectivity index (χ2v) is 7.92. The molecule has 1 rings (SSSR count). The monoisotopic (exact) mass is 493 g/mol. The molecule has 4 atom stereocenters. The van der Waals surface area contributed by atoms with Gasteiger partial charge in [0.2, 0.25) is 23.6 Å². The highest BCUT2D eigenvalue weighted by Gasteiger charge is 2.28. The number of amides is 4. The molecule has 35 heavy (non-hydrogen) atoms. The van der Waals surface area contributed by atoms with Crippen LogP contribution in [0.1, 0.15) is 38.2 Å². The zero-order chi connectivity index (χ0) is 26.5. The lowest BCUT2D eigenvalue weighted by Crippen LogP contribution is -2.57. The van der Waals surface area contributed by atoms with Crippen LogP contribution in [0.2, 0.25) is 0 Å². The van der Waals surface area contributed by atoms with Crippen molar-refractivity contribution in [2.75, 3.05) is 0 Å². The summed E-state index contributed by atoms with van der Waals surface area (Å²) in [7, 11) is 0. The summed E-state index contributed by atoms with van der Waals surface area (Å²) in [5.41, 5.74) is 11.5. The van der Waals surface area contributed by atoms with Crippen LogP contribution in [0.3, 0.4) is 0 Å². The van der Waals surface area contributed by atoms with E-state index in [-0.39, 0.29) is 25.7 Å². The summed E-state index contributed by atoms with van der Waals surface area (Å²) in [5.74, 6) is -5.55. The molecule has 0 saturated heterocycles. The van der Waals surface area contributed by atoms with Gasteiger partial charge in [-0.05, 0) is 25.3 Å². The maximum absolute atomic E-state index is 12.9. The number of carboxylic acids is 2. The van der Waals surface area contributed by atoms with Crippen LogP contribution in [0.4, 0.5) is 0 Å². The second kappa shape index (κ2) is 14.3. The first-order valence-electron chi connectivity index (χ1n) is 10.8. The molecular weight excluding hydrogens is 462 g/mol. The van der Waals surface area contributed by atoms with Crippen LogP contribution in [0, 0.1) is 0 Å². The van der Waals surface area contributed by atoms with E-state index >= 15 is 0 Å². The highest BCUT2D eigenvalue weighted by Crippen LogP contribution is 2.06. The third-order valence-corrected chi connectivity index (χ3v) is 4.97. The molecule has 9 N–H and O–H groups in total. The van der Waals surface area contributed by atoms with E-state index in [9.17, 15) is 33.9 Å². The average molecular weight is 494 g/mol. The number of hydrogen-bond donors (Lipinski definition) is 7. The van der Waals surface area contributed by atoms with E-state index in [1.54, 1.807) is 30.3 Å². The molecule has 0 aliphatic carbocycles. The number of primary amides is 1. The Labute approximate surface area is 201 Å². The molecule has 192 valence electrons. The van der Waals surface area contributed by atoms with Crippen molar-refractivity contribution in [2.45, 2.75) is 63.2 Å². The van der Waals surface area contributed by atoms with Crippen LogP contribution in [0.5, 0.6) is 0 Å². The molecule has 1 aromatic carbocycles. The number of carbonyl (C=O) groups is 6. The highest BCUT2D eigenvalue weighted by molar-refractivity contribution is 5.94. The van der Waals surface area contributed by atoms with E-state index in [1.807, 2.05) is 0 Å². The van der Waals surface area contributed by atoms with E-state index in [2.05, 4.69) is 16.0 Å². The number of nitrogens with two attached hydrogens (primary N) is 2. The molecule has 0 aromatic heterocycles. The fourth-order valence-corrected chi connectivity index (χ4v) is 2.97. The van der Waals surface area contributed by atoms with Crippen LogP contribution >= 0.6 is 0 Å². The Balaban J connectivity index is 2.88. The third kappa shape index (κ3) is 11.1. The van der Waals surface area contributed by atoms with E-state index in [0.29, 0.717) is 5.56 Å². The number of carboxylic acid groups (broad SMARTS) is 2.